The van der Waals surface area contributed by atoms with Crippen molar-refractivity contribution in [3.05, 3.63) is 64.2 Å². The van der Waals surface area contributed by atoms with Crippen molar-refractivity contribution in [3.8, 4) is 5.75 Å². The summed E-state index contributed by atoms with van der Waals surface area (Å²) in [5, 5.41) is 2.29. The molecule has 184 valence electrons. The van der Waals surface area contributed by atoms with E-state index in [0.29, 0.717) is 12.5 Å². The van der Waals surface area contributed by atoms with Crippen LogP contribution >= 0.6 is 23.1 Å². The fraction of sp³-hybridized carbons (Fsp3) is 0.346. The largest absolute Gasteiger partial charge is 0.748 e. The molecular formula is C26H28N2O4S3. The third kappa shape index (κ3) is 5.43. The summed E-state index contributed by atoms with van der Waals surface area (Å²) < 4.78 is 42.7. The molecule has 1 saturated carbocycles. The molecule has 1 aliphatic carbocycles. The van der Waals surface area contributed by atoms with Crippen molar-refractivity contribution in [2.45, 2.75) is 37.6 Å². The van der Waals surface area contributed by atoms with Crippen LogP contribution in [0.5, 0.6) is 5.75 Å². The number of thiazole rings is 1. The molecular weight excluding hydrogens is 500 g/mol. The number of hydrogen-bond donors (Lipinski definition) is 0. The maximum Gasteiger partial charge on any atom is 0.263 e. The minimum Gasteiger partial charge on any atom is -0.748 e. The Hall–Kier alpha value is -2.33. The van der Waals surface area contributed by atoms with Crippen LogP contribution in [0.15, 0.2) is 64.0 Å². The molecule has 0 saturated heterocycles. The van der Waals surface area contributed by atoms with Crippen molar-refractivity contribution in [3.63, 3.8) is 0 Å². The van der Waals surface area contributed by atoms with E-state index in [1.165, 1.54) is 33.6 Å². The number of anilines is 1. The molecule has 0 atom stereocenters. The first-order valence-electron chi connectivity index (χ1n) is 11.8. The molecule has 0 spiro atoms. The standard InChI is InChI=1S/C26H28N2O4S3/c1-3-27-21-7-4-5-8-23(21)33-25(27)15-19(18-9-10-18)16-26-28(13-6-14-35(29,30)31)22-17-20(32-2)11-12-24(22)34-26/h4-5,7-8,11-12,15-18H,3,6,9-10,13-14H2,1-2H3. The highest BCUT2D eigenvalue weighted by Gasteiger charge is 2.31. The molecule has 0 amide bonds. The Morgan fingerprint density at radius 3 is 2.77 bits per heavy atom. The predicted octanol–water partition coefficient (Wildman–Crippen LogP) is 5.40. The lowest BCUT2D eigenvalue weighted by molar-refractivity contribution is -0.665. The van der Waals surface area contributed by atoms with E-state index in [4.69, 9.17) is 4.74 Å². The van der Waals surface area contributed by atoms with Gasteiger partial charge in [0, 0.05) is 35.4 Å². The summed E-state index contributed by atoms with van der Waals surface area (Å²) in [7, 11) is -2.62. The van der Waals surface area contributed by atoms with Crippen LogP contribution in [0.1, 0.15) is 31.2 Å². The van der Waals surface area contributed by atoms with E-state index < -0.39 is 10.1 Å². The number of thioether (sulfide) groups is 1. The summed E-state index contributed by atoms with van der Waals surface area (Å²) in [6, 6.07) is 14.5. The Bertz CT molecular complexity index is 1420. The fourth-order valence-electron chi connectivity index (χ4n) is 4.41. The lowest BCUT2D eigenvalue weighted by Gasteiger charge is -2.21. The Balaban J connectivity index is 1.53. The molecule has 1 aromatic heterocycles. The van der Waals surface area contributed by atoms with Crippen molar-refractivity contribution in [1.82, 2.24) is 0 Å². The van der Waals surface area contributed by atoms with Crippen molar-refractivity contribution in [1.29, 1.82) is 0 Å². The molecule has 5 rings (SSSR count). The first-order chi connectivity index (χ1) is 16.9. The second kappa shape index (κ2) is 9.97. The van der Waals surface area contributed by atoms with Crippen LogP contribution in [0.4, 0.5) is 5.69 Å². The van der Waals surface area contributed by atoms with Crippen molar-refractivity contribution in [2.75, 3.05) is 24.3 Å². The van der Waals surface area contributed by atoms with Gasteiger partial charge < -0.3 is 14.2 Å². The third-order valence-electron chi connectivity index (χ3n) is 6.30. The fourth-order valence-corrected chi connectivity index (χ4v) is 7.21. The third-order valence-corrected chi connectivity index (χ3v) is 9.31. The average Bonchev–Trinajstić information content (AvgIpc) is 3.54. The SMILES string of the molecule is CC[n+]1c(/C=C(/C=C2\Sc3ccc(OC)cc3N2CCCS(=O)(=O)[O-])C2CC2)sc2ccccc21. The van der Waals surface area contributed by atoms with Gasteiger partial charge in [0.2, 0.25) is 5.52 Å². The number of hydrogen-bond acceptors (Lipinski definition) is 7. The van der Waals surface area contributed by atoms with Gasteiger partial charge in [-0.05, 0) is 62.0 Å². The molecule has 1 fully saturated rings. The predicted molar refractivity (Wildman–Crippen MR) is 142 cm³/mol. The van der Waals surface area contributed by atoms with Gasteiger partial charge in [-0.2, -0.15) is 4.57 Å². The number of benzene rings is 2. The number of para-hydroxylation sites is 1. The van der Waals surface area contributed by atoms with Gasteiger partial charge in [-0.3, -0.25) is 0 Å². The molecule has 2 aromatic carbocycles. The maximum absolute atomic E-state index is 11.2. The van der Waals surface area contributed by atoms with E-state index in [-0.39, 0.29) is 12.2 Å². The van der Waals surface area contributed by atoms with Crippen molar-refractivity contribution >= 4 is 55.2 Å². The molecule has 6 nitrogen and oxygen atoms in total. The molecule has 1 aliphatic heterocycles. The highest BCUT2D eigenvalue weighted by Crippen LogP contribution is 2.49. The molecule has 0 unspecified atom stereocenters. The zero-order chi connectivity index (χ0) is 24.6. The lowest BCUT2D eigenvalue weighted by Crippen LogP contribution is -2.33. The number of allylic oxidation sites excluding steroid dienone is 2. The van der Waals surface area contributed by atoms with E-state index in [9.17, 15) is 13.0 Å². The van der Waals surface area contributed by atoms with E-state index in [1.807, 2.05) is 29.5 Å². The normalized spacial score (nSPS) is 17.4. The van der Waals surface area contributed by atoms with Crippen LogP contribution in [-0.4, -0.2) is 32.4 Å². The smallest absolute Gasteiger partial charge is 0.263 e. The highest BCUT2D eigenvalue weighted by molar-refractivity contribution is 8.03. The Morgan fingerprint density at radius 2 is 2.06 bits per heavy atom. The quantitative estimate of drug-likeness (QED) is 0.274. The van der Waals surface area contributed by atoms with Gasteiger partial charge in [0.15, 0.2) is 0 Å². The number of fused-ring (bicyclic) bond motifs is 2. The van der Waals surface area contributed by atoms with Gasteiger partial charge >= 0.3 is 0 Å². The number of aryl methyl sites for hydroxylation is 1. The van der Waals surface area contributed by atoms with Crippen LogP contribution in [0.3, 0.4) is 0 Å². The summed E-state index contributed by atoms with van der Waals surface area (Å²) in [6.07, 6.45) is 7.20. The molecule has 0 bridgehead atoms. The lowest BCUT2D eigenvalue weighted by atomic mass is 10.1. The van der Waals surface area contributed by atoms with Crippen molar-refractivity contribution in [2.24, 2.45) is 5.92 Å². The zero-order valence-corrected chi connectivity index (χ0v) is 22.2. The molecule has 0 radical (unpaired) electrons. The van der Waals surface area contributed by atoms with Crippen LogP contribution in [0.2, 0.25) is 0 Å². The Morgan fingerprint density at radius 1 is 1.26 bits per heavy atom. The zero-order valence-electron chi connectivity index (χ0n) is 19.8. The van der Waals surface area contributed by atoms with Gasteiger partial charge in [-0.1, -0.05) is 35.2 Å². The highest BCUT2D eigenvalue weighted by atomic mass is 32.2. The van der Waals surface area contributed by atoms with E-state index >= 15 is 0 Å². The summed E-state index contributed by atoms with van der Waals surface area (Å²) in [4.78, 5) is 3.23. The summed E-state index contributed by atoms with van der Waals surface area (Å²) in [5.41, 5.74) is 3.54. The molecule has 35 heavy (non-hydrogen) atoms. The molecule has 2 heterocycles. The monoisotopic (exact) mass is 528 g/mol. The molecule has 2 aliphatic rings. The topological polar surface area (TPSA) is 73.5 Å². The summed E-state index contributed by atoms with van der Waals surface area (Å²) in [5.74, 6) is 0.907. The first-order valence-corrected chi connectivity index (χ1v) is 15.0. The number of methoxy groups -OCH3 is 1. The van der Waals surface area contributed by atoms with Crippen LogP contribution < -0.4 is 14.2 Å². The second-order valence-electron chi connectivity index (χ2n) is 8.76. The summed E-state index contributed by atoms with van der Waals surface area (Å²) >= 11 is 3.49. The van der Waals surface area contributed by atoms with Crippen LogP contribution in [-0.2, 0) is 16.7 Å². The average molecular weight is 529 g/mol. The molecule has 3 aromatic rings. The van der Waals surface area contributed by atoms with Gasteiger partial charge in [0.25, 0.3) is 5.01 Å². The minimum absolute atomic E-state index is 0.273. The van der Waals surface area contributed by atoms with Crippen LogP contribution in [0.25, 0.3) is 16.3 Å². The van der Waals surface area contributed by atoms with Crippen molar-refractivity contribution < 1.29 is 22.3 Å². The molecule has 0 N–H and O–H groups in total. The number of aromatic nitrogens is 1. The second-order valence-corrected chi connectivity index (χ2v) is 12.4. The van der Waals surface area contributed by atoms with Gasteiger partial charge in [0.05, 0.1) is 27.9 Å². The number of nitrogens with zero attached hydrogens (tertiary/aromatic N) is 2. The Labute approximate surface area is 214 Å². The molecule has 9 heteroatoms. The number of rotatable bonds is 9. The number of ether oxygens (including phenoxy) is 1. The van der Waals surface area contributed by atoms with E-state index in [2.05, 4.69) is 52.8 Å². The summed E-state index contributed by atoms with van der Waals surface area (Å²) in [6.45, 7) is 3.53. The van der Waals surface area contributed by atoms with Gasteiger partial charge in [-0.15, -0.1) is 0 Å². The Kier molecular flexibility index (Phi) is 6.94. The van der Waals surface area contributed by atoms with E-state index in [1.54, 1.807) is 18.9 Å². The van der Waals surface area contributed by atoms with E-state index in [0.717, 1.165) is 27.9 Å². The first kappa shape index (κ1) is 24.4. The van der Waals surface area contributed by atoms with Gasteiger partial charge in [-0.25, -0.2) is 8.42 Å². The minimum atomic E-state index is -4.25. The maximum atomic E-state index is 11.2. The van der Waals surface area contributed by atoms with Crippen LogP contribution in [0, 0.1) is 5.92 Å². The van der Waals surface area contributed by atoms with Gasteiger partial charge in [0.1, 0.15) is 17.0 Å².